The molecule has 0 amide bonds. The molecule has 1 saturated carbocycles. The maximum atomic E-state index is 13.3. The molecule has 8 heteroatoms. The van der Waals surface area contributed by atoms with Gasteiger partial charge in [-0.3, -0.25) is 0 Å². The third-order valence-electron chi connectivity index (χ3n) is 7.79. The van der Waals surface area contributed by atoms with Gasteiger partial charge in [-0.25, -0.2) is 23.7 Å². The Labute approximate surface area is 227 Å². The number of halogens is 2. The van der Waals surface area contributed by atoms with Gasteiger partial charge in [-0.2, -0.15) is 0 Å². The molecule has 2 fully saturated rings. The van der Waals surface area contributed by atoms with Crippen LogP contribution in [0.5, 0.6) is 11.6 Å². The van der Waals surface area contributed by atoms with E-state index < -0.39 is 11.8 Å². The van der Waals surface area contributed by atoms with Crippen molar-refractivity contribution in [2.75, 3.05) is 18.4 Å². The maximum Gasteiger partial charge on any atom is 0.251 e. The highest BCUT2D eigenvalue weighted by Gasteiger charge is 2.55. The van der Waals surface area contributed by atoms with E-state index in [4.69, 9.17) is 9.72 Å². The second kappa shape index (κ2) is 10.8. The van der Waals surface area contributed by atoms with Crippen molar-refractivity contribution in [3.05, 3.63) is 72.1 Å². The van der Waals surface area contributed by atoms with Gasteiger partial charge in [0.15, 0.2) is 0 Å². The number of rotatable bonds is 9. The highest BCUT2D eigenvalue weighted by atomic mass is 19.3. The van der Waals surface area contributed by atoms with Gasteiger partial charge in [-0.15, -0.1) is 0 Å². The number of benzene rings is 2. The van der Waals surface area contributed by atoms with E-state index in [2.05, 4.69) is 32.7 Å². The molecule has 1 saturated heterocycles. The van der Waals surface area contributed by atoms with Gasteiger partial charge in [-0.05, 0) is 80.3 Å². The van der Waals surface area contributed by atoms with Crippen LogP contribution in [0.4, 0.5) is 14.7 Å². The Hall–Kier alpha value is -3.65. The molecule has 2 aromatic heterocycles. The van der Waals surface area contributed by atoms with Crippen molar-refractivity contribution in [2.24, 2.45) is 5.92 Å². The van der Waals surface area contributed by atoms with Crippen molar-refractivity contribution in [3.63, 3.8) is 0 Å². The van der Waals surface area contributed by atoms with E-state index >= 15 is 0 Å². The Balaban J connectivity index is 1.26. The molecule has 2 N–H and O–H groups in total. The molecule has 1 aliphatic heterocycles. The van der Waals surface area contributed by atoms with Crippen LogP contribution in [0.3, 0.4) is 0 Å². The van der Waals surface area contributed by atoms with E-state index in [1.807, 2.05) is 43.3 Å². The van der Waals surface area contributed by atoms with E-state index in [0.717, 1.165) is 77.7 Å². The van der Waals surface area contributed by atoms with Crippen LogP contribution in [-0.4, -0.2) is 40.0 Å². The smallest absolute Gasteiger partial charge is 0.251 e. The summed E-state index contributed by atoms with van der Waals surface area (Å²) in [4.78, 5) is 13.8. The zero-order chi connectivity index (χ0) is 26.8. The van der Waals surface area contributed by atoms with E-state index in [0.29, 0.717) is 24.3 Å². The Morgan fingerprint density at radius 3 is 2.77 bits per heavy atom. The van der Waals surface area contributed by atoms with Gasteiger partial charge < -0.3 is 15.4 Å². The van der Waals surface area contributed by atoms with Crippen molar-refractivity contribution in [2.45, 2.75) is 57.4 Å². The average molecular weight is 530 g/mol. The molecule has 0 radical (unpaired) electrons. The highest BCUT2D eigenvalue weighted by molar-refractivity contribution is 5.92. The summed E-state index contributed by atoms with van der Waals surface area (Å²) >= 11 is 0. The fourth-order valence-electron chi connectivity index (χ4n) is 5.48. The number of aromatic nitrogens is 3. The summed E-state index contributed by atoms with van der Waals surface area (Å²) in [6.07, 6.45) is 7.77. The molecular formula is C31H33F2N5O. The van der Waals surface area contributed by atoms with Gasteiger partial charge in [0.05, 0.1) is 11.3 Å². The summed E-state index contributed by atoms with van der Waals surface area (Å²) < 4.78 is 33.2. The Kier molecular flexibility index (Phi) is 7.12. The van der Waals surface area contributed by atoms with Crippen molar-refractivity contribution in [3.8, 4) is 22.9 Å². The van der Waals surface area contributed by atoms with Crippen LogP contribution in [0.2, 0.25) is 0 Å². The number of alkyl halides is 2. The molecule has 2 atom stereocenters. The van der Waals surface area contributed by atoms with Crippen molar-refractivity contribution < 1.29 is 13.5 Å². The van der Waals surface area contributed by atoms with Crippen LogP contribution in [-0.2, 0) is 6.42 Å². The normalized spacial score (nSPS) is 20.1. The lowest BCUT2D eigenvalue weighted by molar-refractivity contribution is 0.0966. The third-order valence-corrected chi connectivity index (χ3v) is 7.79. The lowest BCUT2D eigenvalue weighted by atomic mass is 9.97. The zero-order valence-corrected chi connectivity index (χ0v) is 22.1. The summed E-state index contributed by atoms with van der Waals surface area (Å²) in [6, 6.07) is 16.3. The van der Waals surface area contributed by atoms with E-state index in [1.165, 1.54) is 0 Å². The SMILES string of the molecule is Cc1ccc2c(CCC[C@@H]3CC3(F)F)cccc2c1Oc1ncccc1-c1ccnc(N[C@H]2CCCNC2)n1. The topological polar surface area (TPSA) is 72.0 Å². The summed E-state index contributed by atoms with van der Waals surface area (Å²) in [5, 5.41) is 8.91. The number of piperidine rings is 1. The summed E-state index contributed by atoms with van der Waals surface area (Å²) in [6.45, 7) is 3.96. The fraction of sp³-hybridized carbons (Fsp3) is 0.387. The molecule has 6 rings (SSSR count). The second-order valence-electron chi connectivity index (χ2n) is 10.7. The van der Waals surface area contributed by atoms with Crippen LogP contribution in [0.1, 0.15) is 43.2 Å². The van der Waals surface area contributed by atoms with Crippen molar-refractivity contribution >= 4 is 16.7 Å². The van der Waals surface area contributed by atoms with Crippen LogP contribution in [0.25, 0.3) is 22.0 Å². The second-order valence-corrected chi connectivity index (χ2v) is 10.7. The fourth-order valence-corrected chi connectivity index (χ4v) is 5.48. The minimum atomic E-state index is -2.45. The molecule has 2 aliphatic rings. The zero-order valence-electron chi connectivity index (χ0n) is 22.1. The predicted molar refractivity (Wildman–Crippen MR) is 150 cm³/mol. The number of fused-ring (bicyclic) bond motifs is 1. The molecule has 202 valence electrons. The first-order valence-electron chi connectivity index (χ1n) is 13.8. The van der Waals surface area contributed by atoms with Gasteiger partial charge in [0, 0.05) is 42.7 Å². The number of hydrogen-bond donors (Lipinski definition) is 2. The predicted octanol–water partition coefficient (Wildman–Crippen LogP) is 6.93. The lowest BCUT2D eigenvalue weighted by Crippen LogP contribution is -2.38. The van der Waals surface area contributed by atoms with E-state index in [9.17, 15) is 8.78 Å². The summed E-state index contributed by atoms with van der Waals surface area (Å²) in [7, 11) is 0. The highest BCUT2D eigenvalue weighted by Crippen LogP contribution is 2.51. The monoisotopic (exact) mass is 529 g/mol. The minimum absolute atomic E-state index is 0.0355. The summed E-state index contributed by atoms with van der Waals surface area (Å²) in [5.74, 6) is -1.11. The quantitative estimate of drug-likeness (QED) is 0.245. The number of hydrogen-bond acceptors (Lipinski definition) is 6. The summed E-state index contributed by atoms with van der Waals surface area (Å²) in [5.41, 5.74) is 3.65. The molecule has 6 nitrogen and oxygen atoms in total. The van der Waals surface area contributed by atoms with Crippen LogP contribution in [0.15, 0.2) is 60.9 Å². The van der Waals surface area contributed by atoms with E-state index in [1.54, 1.807) is 12.4 Å². The van der Waals surface area contributed by atoms with Gasteiger partial charge in [-0.1, -0.05) is 30.3 Å². The number of nitrogens with zero attached hydrogens (tertiary/aromatic N) is 3. The van der Waals surface area contributed by atoms with Crippen LogP contribution < -0.4 is 15.4 Å². The first-order chi connectivity index (χ1) is 19.0. The number of aryl methyl sites for hydroxylation is 2. The van der Waals surface area contributed by atoms with Crippen molar-refractivity contribution in [1.29, 1.82) is 0 Å². The van der Waals surface area contributed by atoms with Gasteiger partial charge in [0.1, 0.15) is 5.75 Å². The number of anilines is 1. The lowest BCUT2D eigenvalue weighted by Gasteiger charge is -2.23. The van der Waals surface area contributed by atoms with Gasteiger partial charge in [0.2, 0.25) is 11.8 Å². The van der Waals surface area contributed by atoms with Crippen LogP contribution in [0, 0.1) is 12.8 Å². The molecule has 3 heterocycles. The molecule has 1 aliphatic carbocycles. The Morgan fingerprint density at radius 1 is 1.05 bits per heavy atom. The number of nitrogens with one attached hydrogen (secondary N) is 2. The number of ether oxygens (including phenoxy) is 1. The maximum absolute atomic E-state index is 13.3. The Morgan fingerprint density at radius 2 is 1.95 bits per heavy atom. The third kappa shape index (κ3) is 5.71. The van der Waals surface area contributed by atoms with Gasteiger partial charge in [0.25, 0.3) is 5.92 Å². The molecule has 4 aromatic rings. The Bertz CT molecular complexity index is 1470. The van der Waals surface area contributed by atoms with Crippen molar-refractivity contribution in [1.82, 2.24) is 20.3 Å². The molecule has 39 heavy (non-hydrogen) atoms. The van der Waals surface area contributed by atoms with Gasteiger partial charge >= 0.3 is 0 Å². The standard InChI is InChI=1S/C31H33F2N5O/c1-20-12-13-24-21(6-2-8-22-18-31(22,32)33)7-3-10-25(24)28(20)39-29-26(11-5-16-35-29)27-14-17-36-30(38-27)37-23-9-4-15-34-19-23/h3,5,7,10-14,16-17,22-23,34H,2,4,6,8-9,15,18-19H2,1H3,(H,36,37,38)/t22-,23+/m1/s1. The molecular weight excluding hydrogens is 496 g/mol. The minimum Gasteiger partial charge on any atom is -0.437 e. The van der Waals surface area contributed by atoms with E-state index in [-0.39, 0.29) is 6.42 Å². The first-order valence-corrected chi connectivity index (χ1v) is 13.8. The number of pyridine rings is 1. The van der Waals surface area contributed by atoms with Crippen LogP contribution >= 0.6 is 0 Å². The molecule has 0 unspecified atom stereocenters. The molecule has 0 spiro atoms. The largest absolute Gasteiger partial charge is 0.437 e. The molecule has 2 aromatic carbocycles. The average Bonchev–Trinajstić information content (AvgIpc) is 3.57. The molecule has 0 bridgehead atoms. The first kappa shape index (κ1) is 25.6.